The molecule has 3 N–H and O–H groups in total. The molecule has 0 radical (unpaired) electrons. The lowest BCUT2D eigenvalue weighted by Gasteiger charge is -2.29. The summed E-state index contributed by atoms with van der Waals surface area (Å²) in [7, 11) is 0. The number of benzene rings is 1. The van der Waals surface area contributed by atoms with Crippen molar-refractivity contribution in [2.24, 2.45) is 16.6 Å². The van der Waals surface area contributed by atoms with E-state index < -0.39 is 0 Å². The molecule has 0 saturated carbocycles. The van der Waals surface area contributed by atoms with Crippen molar-refractivity contribution in [2.75, 3.05) is 31.5 Å². The van der Waals surface area contributed by atoms with E-state index >= 15 is 0 Å². The predicted molar refractivity (Wildman–Crippen MR) is 90.8 cm³/mol. The summed E-state index contributed by atoms with van der Waals surface area (Å²) in [6.07, 6.45) is 3.67. The normalized spacial score (nSPS) is 17.9. The Morgan fingerprint density at radius 3 is 2.57 bits per heavy atom. The number of nitrogens with two attached hydrogens (primary N) is 1. The van der Waals surface area contributed by atoms with Crippen molar-refractivity contribution in [3.8, 4) is 0 Å². The van der Waals surface area contributed by atoms with Crippen LogP contribution in [0, 0.1) is 5.92 Å². The number of hydrogen-bond donors (Lipinski definition) is 2. The number of anilines is 1. The summed E-state index contributed by atoms with van der Waals surface area (Å²) in [5, 5.41) is 3.15. The second-order valence-corrected chi connectivity index (χ2v) is 5.97. The minimum atomic E-state index is 0.504. The Hall–Kier alpha value is -1.55. The molecule has 116 valence electrons. The molecular weight excluding hydrogens is 260 g/mol. The van der Waals surface area contributed by atoms with Crippen LogP contribution in [-0.4, -0.2) is 37.0 Å². The Morgan fingerprint density at radius 1 is 1.29 bits per heavy atom. The van der Waals surface area contributed by atoms with Gasteiger partial charge in [0.15, 0.2) is 5.96 Å². The summed E-state index contributed by atoms with van der Waals surface area (Å²) in [6, 6.07) is 8.33. The number of likely N-dealkylation sites (tertiary alicyclic amines) is 1. The van der Waals surface area contributed by atoms with Crippen molar-refractivity contribution in [1.82, 2.24) is 4.90 Å². The van der Waals surface area contributed by atoms with E-state index in [2.05, 4.69) is 41.2 Å². The maximum absolute atomic E-state index is 5.93. The van der Waals surface area contributed by atoms with Gasteiger partial charge >= 0.3 is 0 Å². The van der Waals surface area contributed by atoms with Crippen molar-refractivity contribution >= 4 is 11.6 Å². The number of nitrogens with one attached hydrogen (secondary N) is 1. The SMILES string of the molecule is CCc1ccc(NC(N)=NCCN2CCC(C)CC2)cc1. The van der Waals surface area contributed by atoms with Gasteiger partial charge in [-0.1, -0.05) is 26.0 Å². The van der Waals surface area contributed by atoms with E-state index in [4.69, 9.17) is 5.73 Å². The zero-order valence-corrected chi connectivity index (χ0v) is 13.3. The average Bonchev–Trinajstić information content (AvgIpc) is 2.50. The molecule has 0 aromatic heterocycles. The molecule has 1 aromatic rings. The standard InChI is InChI=1S/C17H28N4/c1-3-15-4-6-16(7-5-15)20-17(18)19-10-13-21-11-8-14(2)9-12-21/h4-7,14H,3,8-13H2,1-2H3,(H3,18,19,20). The number of aryl methyl sites for hydroxylation is 1. The highest BCUT2D eigenvalue weighted by atomic mass is 15.2. The number of hydrogen-bond acceptors (Lipinski definition) is 2. The molecule has 2 rings (SSSR count). The molecule has 1 aliphatic rings. The molecule has 0 bridgehead atoms. The fourth-order valence-corrected chi connectivity index (χ4v) is 2.61. The van der Waals surface area contributed by atoms with Crippen molar-refractivity contribution in [3.63, 3.8) is 0 Å². The highest BCUT2D eigenvalue weighted by Crippen LogP contribution is 2.15. The minimum Gasteiger partial charge on any atom is -0.370 e. The second kappa shape index (κ2) is 8.03. The van der Waals surface area contributed by atoms with E-state index in [1.54, 1.807) is 0 Å². The van der Waals surface area contributed by atoms with Crippen LogP contribution in [0.1, 0.15) is 32.3 Å². The lowest BCUT2D eigenvalue weighted by molar-refractivity contribution is 0.197. The lowest BCUT2D eigenvalue weighted by atomic mass is 9.99. The molecule has 21 heavy (non-hydrogen) atoms. The van der Waals surface area contributed by atoms with Crippen molar-refractivity contribution in [1.29, 1.82) is 0 Å². The third kappa shape index (κ3) is 5.38. The van der Waals surface area contributed by atoms with Gasteiger partial charge in [-0.3, -0.25) is 4.99 Å². The topological polar surface area (TPSA) is 53.6 Å². The fourth-order valence-electron chi connectivity index (χ4n) is 2.61. The number of rotatable bonds is 5. The maximum atomic E-state index is 5.93. The van der Waals surface area contributed by atoms with E-state index in [9.17, 15) is 0 Å². The van der Waals surface area contributed by atoms with Crippen LogP contribution in [0.25, 0.3) is 0 Å². The van der Waals surface area contributed by atoms with Crippen molar-refractivity contribution in [3.05, 3.63) is 29.8 Å². The Labute approximate surface area is 128 Å². The van der Waals surface area contributed by atoms with Crippen LogP contribution < -0.4 is 11.1 Å². The summed E-state index contributed by atoms with van der Waals surface area (Å²) in [5.74, 6) is 1.38. The number of nitrogens with zero attached hydrogens (tertiary/aromatic N) is 2. The van der Waals surface area contributed by atoms with Crippen LogP contribution >= 0.6 is 0 Å². The van der Waals surface area contributed by atoms with E-state index in [1.807, 2.05) is 12.1 Å². The first kappa shape index (κ1) is 15.8. The number of guanidine groups is 1. The van der Waals surface area contributed by atoms with Gasteiger partial charge in [0.25, 0.3) is 0 Å². The van der Waals surface area contributed by atoms with Crippen molar-refractivity contribution < 1.29 is 0 Å². The van der Waals surface area contributed by atoms with Gasteiger partial charge in [0.1, 0.15) is 0 Å². The quantitative estimate of drug-likeness (QED) is 0.647. The molecule has 1 heterocycles. The molecule has 1 saturated heterocycles. The van der Waals surface area contributed by atoms with Gasteiger partial charge < -0.3 is 16.0 Å². The van der Waals surface area contributed by atoms with Crippen LogP contribution in [0.4, 0.5) is 5.69 Å². The van der Waals surface area contributed by atoms with Gasteiger partial charge in [0.05, 0.1) is 6.54 Å². The molecule has 4 nitrogen and oxygen atoms in total. The van der Waals surface area contributed by atoms with Gasteiger partial charge in [-0.25, -0.2) is 0 Å². The van der Waals surface area contributed by atoms with E-state index in [-0.39, 0.29) is 0 Å². The Balaban J connectivity index is 1.73. The van der Waals surface area contributed by atoms with Crippen LogP contribution in [0.15, 0.2) is 29.3 Å². The van der Waals surface area contributed by atoms with Gasteiger partial charge in [0.2, 0.25) is 0 Å². The summed E-state index contributed by atoms with van der Waals surface area (Å²) in [5.41, 5.74) is 8.26. The van der Waals surface area contributed by atoms with Crippen molar-refractivity contribution in [2.45, 2.75) is 33.1 Å². The average molecular weight is 288 g/mol. The third-order valence-corrected chi connectivity index (χ3v) is 4.21. The largest absolute Gasteiger partial charge is 0.370 e. The minimum absolute atomic E-state index is 0.504. The molecule has 0 aliphatic carbocycles. The lowest BCUT2D eigenvalue weighted by Crippen LogP contribution is -2.35. The van der Waals surface area contributed by atoms with Gasteiger partial charge in [0, 0.05) is 12.2 Å². The Morgan fingerprint density at radius 2 is 1.95 bits per heavy atom. The van der Waals surface area contributed by atoms with Crippen LogP contribution in [0.5, 0.6) is 0 Å². The maximum Gasteiger partial charge on any atom is 0.193 e. The fraction of sp³-hybridized carbons (Fsp3) is 0.588. The smallest absolute Gasteiger partial charge is 0.193 e. The first-order chi connectivity index (χ1) is 10.2. The second-order valence-electron chi connectivity index (χ2n) is 5.97. The molecular formula is C17H28N4. The summed E-state index contributed by atoms with van der Waals surface area (Å²) >= 11 is 0. The summed E-state index contributed by atoms with van der Waals surface area (Å²) in [6.45, 7) is 8.65. The molecule has 1 fully saturated rings. The predicted octanol–water partition coefficient (Wildman–Crippen LogP) is 2.71. The molecule has 0 atom stereocenters. The zero-order chi connectivity index (χ0) is 15.1. The Bertz CT molecular complexity index is 444. The molecule has 0 unspecified atom stereocenters. The Kier molecular flexibility index (Phi) is 6.05. The van der Waals surface area contributed by atoms with E-state index in [1.165, 1.54) is 31.5 Å². The summed E-state index contributed by atoms with van der Waals surface area (Å²) < 4.78 is 0. The molecule has 4 heteroatoms. The zero-order valence-electron chi connectivity index (χ0n) is 13.3. The molecule has 0 amide bonds. The first-order valence-corrected chi connectivity index (χ1v) is 8.05. The van der Waals surface area contributed by atoms with E-state index in [0.717, 1.165) is 31.1 Å². The molecule has 1 aliphatic heterocycles. The molecule has 1 aromatic carbocycles. The highest BCUT2D eigenvalue weighted by molar-refractivity contribution is 5.92. The first-order valence-electron chi connectivity index (χ1n) is 8.05. The number of piperidine rings is 1. The number of aliphatic imine (C=N–C) groups is 1. The van der Waals surface area contributed by atoms with Crippen LogP contribution in [-0.2, 0) is 6.42 Å². The van der Waals surface area contributed by atoms with E-state index in [0.29, 0.717) is 5.96 Å². The third-order valence-electron chi connectivity index (χ3n) is 4.21. The van der Waals surface area contributed by atoms with Gasteiger partial charge in [-0.05, 0) is 56.0 Å². The highest BCUT2D eigenvalue weighted by Gasteiger charge is 2.14. The van der Waals surface area contributed by atoms with Gasteiger partial charge in [-0.15, -0.1) is 0 Å². The van der Waals surface area contributed by atoms with Crippen LogP contribution in [0.3, 0.4) is 0 Å². The van der Waals surface area contributed by atoms with Crippen LogP contribution in [0.2, 0.25) is 0 Å². The van der Waals surface area contributed by atoms with Gasteiger partial charge in [-0.2, -0.15) is 0 Å². The molecule has 0 spiro atoms. The summed E-state index contributed by atoms with van der Waals surface area (Å²) in [4.78, 5) is 6.90. The monoisotopic (exact) mass is 288 g/mol.